The molecule has 0 fully saturated rings. The van der Waals surface area contributed by atoms with Gasteiger partial charge in [-0.05, 0) is 27.7 Å². The van der Waals surface area contributed by atoms with Crippen LogP contribution < -0.4 is 0 Å². The van der Waals surface area contributed by atoms with Crippen molar-refractivity contribution in [2.24, 2.45) is 0 Å². The van der Waals surface area contributed by atoms with E-state index in [4.69, 9.17) is 5.11 Å². The molecule has 0 aliphatic rings. The molecule has 1 N–H and O–H groups in total. The maximum Gasteiger partial charge on any atom is 0.328 e. The van der Waals surface area contributed by atoms with E-state index in [1.54, 1.807) is 17.7 Å². The average molecular weight is 209 g/mol. The third-order valence-electron chi connectivity index (χ3n) is 2.05. The van der Waals surface area contributed by atoms with Crippen LogP contribution >= 0.6 is 0 Å². The van der Waals surface area contributed by atoms with Crippen molar-refractivity contribution < 1.29 is 9.90 Å². The molecule has 0 aromatic carbocycles. The summed E-state index contributed by atoms with van der Waals surface area (Å²) in [4.78, 5) is 14.6. The summed E-state index contributed by atoms with van der Waals surface area (Å²) in [7, 11) is 0. The number of aromatic nitrogens is 3. The Hall–Kier alpha value is -1.65. The van der Waals surface area contributed by atoms with Crippen LogP contribution in [-0.2, 0) is 10.3 Å². The fourth-order valence-electron chi connectivity index (χ4n) is 1.41. The molecule has 0 bridgehead atoms. The summed E-state index contributed by atoms with van der Waals surface area (Å²) in [5, 5.41) is 12.8. The Balaban J connectivity index is 3.05. The van der Waals surface area contributed by atoms with Gasteiger partial charge in [0.15, 0.2) is 0 Å². The van der Waals surface area contributed by atoms with Crippen LogP contribution in [-0.4, -0.2) is 25.8 Å². The number of aliphatic carboxylic acids is 1. The monoisotopic (exact) mass is 209 g/mol. The molecule has 5 nitrogen and oxygen atoms in total. The lowest BCUT2D eigenvalue weighted by atomic mass is 10.1. The average Bonchev–Trinajstić information content (AvgIpc) is 2.43. The Morgan fingerprint density at radius 3 is 2.47 bits per heavy atom. The summed E-state index contributed by atoms with van der Waals surface area (Å²) in [5.74, 6) is 0.495. The predicted octanol–water partition coefficient (Wildman–Crippen LogP) is 1.27. The first kappa shape index (κ1) is 11.4. The summed E-state index contributed by atoms with van der Waals surface area (Å²) >= 11 is 0. The van der Waals surface area contributed by atoms with Gasteiger partial charge in [0.1, 0.15) is 11.6 Å². The predicted molar refractivity (Wildman–Crippen MR) is 55.6 cm³/mol. The molecule has 1 aromatic rings. The van der Waals surface area contributed by atoms with E-state index < -0.39 is 11.5 Å². The molecule has 0 spiro atoms. The quantitative estimate of drug-likeness (QED) is 0.761. The fourth-order valence-corrected chi connectivity index (χ4v) is 1.41. The van der Waals surface area contributed by atoms with Gasteiger partial charge in [-0.2, -0.15) is 5.10 Å². The molecule has 5 heteroatoms. The number of carbonyl (C=O) groups is 1. The zero-order chi connectivity index (χ0) is 11.6. The standard InChI is InChI=1S/C10H15N3O2/c1-7-11-8(2)13(12-7)10(3,4)6-5-9(14)15/h5-6H,1-4H3,(H,14,15). The highest BCUT2D eigenvalue weighted by Gasteiger charge is 2.20. The molecule has 0 aliphatic heterocycles. The van der Waals surface area contributed by atoms with Crippen molar-refractivity contribution in [2.75, 3.05) is 0 Å². The Labute approximate surface area is 88.4 Å². The molecule has 82 valence electrons. The maximum absolute atomic E-state index is 10.4. The van der Waals surface area contributed by atoms with Gasteiger partial charge in [0, 0.05) is 6.08 Å². The smallest absolute Gasteiger partial charge is 0.328 e. The minimum Gasteiger partial charge on any atom is -0.478 e. The van der Waals surface area contributed by atoms with Crippen LogP contribution in [0.2, 0.25) is 0 Å². The lowest BCUT2D eigenvalue weighted by molar-refractivity contribution is -0.131. The van der Waals surface area contributed by atoms with Gasteiger partial charge < -0.3 is 5.11 Å². The van der Waals surface area contributed by atoms with Crippen molar-refractivity contribution in [3.05, 3.63) is 23.8 Å². The van der Waals surface area contributed by atoms with Crippen molar-refractivity contribution in [1.82, 2.24) is 14.8 Å². The lowest BCUT2D eigenvalue weighted by Crippen LogP contribution is -2.26. The first-order valence-electron chi connectivity index (χ1n) is 4.66. The molecular formula is C10H15N3O2. The van der Waals surface area contributed by atoms with Gasteiger partial charge >= 0.3 is 5.97 Å². The topological polar surface area (TPSA) is 68.0 Å². The second-order valence-corrected chi connectivity index (χ2v) is 3.94. The van der Waals surface area contributed by atoms with E-state index in [0.29, 0.717) is 5.82 Å². The van der Waals surface area contributed by atoms with Crippen molar-refractivity contribution in [3.63, 3.8) is 0 Å². The van der Waals surface area contributed by atoms with Crippen LogP contribution in [0.5, 0.6) is 0 Å². The zero-order valence-electron chi connectivity index (χ0n) is 9.35. The molecule has 1 heterocycles. The first-order valence-corrected chi connectivity index (χ1v) is 4.66. The molecule has 0 aliphatic carbocycles. The van der Waals surface area contributed by atoms with E-state index in [0.717, 1.165) is 11.9 Å². The third-order valence-corrected chi connectivity index (χ3v) is 2.05. The van der Waals surface area contributed by atoms with Gasteiger partial charge in [0.2, 0.25) is 0 Å². The number of hydrogen-bond donors (Lipinski definition) is 1. The van der Waals surface area contributed by atoms with Crippen LogP contribution in [0, 0.1) is 13.8 Å². The largest absolute Gasteiger partial charge is 0.478 e. The fraction of sp³-hybridized carbons (Fsp3) is 0.500. The SMILES string of the molecule is Cc1nc(C)n(C(C)(C)C=CC(=O)O)n1. The summed E-state index contributed by atoms with van der Waals surface area (Å²) < 4.78 is 1.71. The highest BCUT2D eigenvalue weighted by Crippen LogP contribution is 2.17. The van der Waals surface area contributed by atoms with Gasteiger partial charge in [-0.25, -0.2) is 14.5 Å². The second kappa shape index (κ2) is 3.84. The van der Waals surface area contributed by atoms with E-state index in [1.165, 1.54) is 0 Å². The van der Waals surface area contributed by atoms with Gasteiger partial charge in [0.25, 0.3) is 0 Å². The van der Waals surface area contributed by atoms with E-state index >= 15 is 0 Å². The van der Waals surface area contributed by atoms with Gasteiger partial charge in [-0.1, -0.05) is 6.08 Å². The molecule has 0 saturated heterocycles. The van der Waals surface area contributed by atoms with Crippen LogP contribution in [0.3, 0.4) is 0 Å². The molecule has 0 unspecified atom stereocenters. The molecule has 1 aromatic heterocycles. The molecular weight excluding hydrogens is 194 g/mol. The minimum atomic E-state index is -0.961. The van der Waals surface area contributed by atoms with Crippen LogP contribution in [0.4, 0.5) is 0 Å². The molecule has 0 atom stereocenters. The second-order valence-electron chi connectivity index (χ2n) is 3.94. The normalized spacial score (nSPS) is 12.3. The van der Waals surface area contributed by atoms with E-state index in [9.17, 15) is 4.79 Å². The van der Waals surface area contributed by atoms with Gasteiger partial charge in [-0.15, -0.1) is 0 Å². The highest BCUT2D eigenvalue weighted by atomic mass is 16.4. The van der Waals surface area contributed by atoms with Crippen molar-refractivity contribution in [1.29, 1.82) is 0 Å². The Morgan fingerprint density at radius 2 is 2.07 bits per heavy atom. The minimum absolute atomic E-state index is 0.482. The molecule has 0 amide bonds. The number of rotatable bonds is 3. The number of aryl methyl sites for hydroxylation is 2. The van der Waals surface area contributed by atoms with Crippen molar-refractivity contribution in [3.8, 4) is 0 Å². The molecule has 0 radical (unpaired) electrons. The number of allylic oxidation sites excluding steroid dienone is 1. The number of nitrogens with zero attached hydrogens (tertiary/aromatic N) is 3. The van der Waals surface area contributed by atoms with E-state index in [-0.39, 0.29) is 0 Å². The van der Waals surface area contributed by atoms with E-state index in [1.807, 2.05) is 20.8 Å². The molecule has 15 heavy (non-hydrogen) atoms. The van der Waals surface area contributed by atoms with Crippen LogP contribution in [0.25, 0.3) is 0 Å². The summed E-state index contributed by atoms with van der Waals surface area (Å²) in [5.41, 5.74) is -0.482. The Morgan fingerprint density at radius 1 is 1.47 bits per heavy atom. The van der Waals surface area contributed by atoms with Crippen molar-refractivity contribution in [2.45, 2.75) is 33.2 Å². The summed E-state index contributed by atoms with van der Waals surface area (Å²) in [6, 6.07) is 0. The number of carboxylic acids is 1. The zero-order valence-corrected chi connectivity index (χ0v) is 9.35. The number of carboxylic acid groups (broad SMARTS) is 1. The van der Waals surface area contributed by atoms with Crippen molar-refractivity contribution >= 4 is 5.97 Å². The summed E-state index contributed by atoms with van der Waals surface area (Å²) in [6.07, 6.45) is 2.72. The molecule has 0 saturated carbocycles. The highest BCUT2D eigenvalue weighted by molar-refractivity contribution is 5.79. The summed E-state index contributed by atoms with van der Waals surface area (Å²) in [6.45, 7) is 7.41. The van der Waals surface area contributed by atoms with Crippen LogP contribution in [0.1, 0.15) is 25.5 Å². The van der Waals surface area contributed by atoms with Crippen LogP contribution in [0.15, 0.2) is 12.2 Å². The Bertz CT molecular complexity index is 405. The lowest BCUT2D eigenvalue weighted by Gasteiger charge is -2.21. The third kappa shape index (κ3) is 2.65. The number of hydrogen-bond acceptors (Lipinski definition) is 3. The molecule has 1 rings (SSSR count). The van der Waals surface area contributed by atoms with E-state index in [2.05, 4.69) is 10.1 Å². The first-order chi connectivity index (χ1) is 6.83. The Kier molecular flexibility index (Phi) is 2.93. The van der Waals surface area contributed by atoms with Gasteiger partial charge in [0.05, 0.1) is 5.54 Å². The van der Waals surface area contributed by atoms with Gasteiger partial charge in [-0.3, -0.25) is 0 Å². The maximum atomic E-state index is 10.4.